The van der Waals surface area contributed by atoms with Gasteiger partial charge in [-0.05, 0) is 37.5 Å². The first-order valence-corrected chi connectivity index (χ1v) is 6.98. The predicted octanol–water partition coefficient (Wildman–Crippen LogP) is 1.60. The van der Waals surface area contributed by atoms with Gasteiger partial charge in [0.1, 0.15) is 11.6 Å². The minimum atomic E-state index is -0.00809. The summed E-state index contributed by atoms with van der Waals surface area (Å²) in [5.74, 6) is 1.00. The Bertz CT molecular complexity index is 549. The van der Waals surface area contributed by atoms with Crippen LogP contribution in [0.15, 0.2) is 23.4 Å². The Balaban J connectivity index is 2.05. The summed E-state index contributed by atoms with van der Waals surface area (Å²) in [6, 6.07) is 5.47. The smallest absolute Gasteiger partial charge is 0.253 e. The van der Waals surface area contributed by atoms with Gasteiger partial charge in [0.05, 0.1) is 7.11 Å². The standard InChI is InChI=1S/C15H21N3O3/c1-10-3-4-12(9-13(10)21-2)15(19)18-7-5-11(6-8-18)14(16)17-20/h3-4,9,11,20H,5-8H2,1-2H3,(H2,16,17). The van der Waals surface area contributed by atoms with Crippen LogP contribution in [0.4, 0.5) is 0 Å². The van der Waals surface area contributed by atoms with Gasteiger partial charge in [-0.1, -0.05) is 11.2 Å². The number of piperidine rings is 1. The van der Waals surface area contributed by atoms with Crippen molar-refractivity contribution < 1.29 is 14.7 Å². The lowest BCUT2D eigenvalue weighted by Gasteiger charge is -2.31. The summed E-state index contributed by atoms with van der Waals surface area (Å²) in [7, 11) is 1.60. The summed E-state index contributed by atoms with van der Waals surface area (Å²) in [6.07, 6.45) is 1.43. The first kappa shape index (κ1) is 15.2. The summed E-state index contributed by atoms with van der Waals surface area (Å²) in [5.41, 5.74) is 7.24. The molecule has 2 rings (SSSR count). The number of amides is 1. The van der Waals surface area contributed by atoms with Gasteiger partial charge in [-0.15, -0.1) is 0 Å². The van der Waals surface area contributed by atoms with E-state index in [-0.39, 0.29) is 17.7 Å². The number of amidine groups is 1. The van der Waals surface area contributed by atoms with Crippen LogP contribution in [0.5, 0.6) is 5.75 Å². The van der Waals surface area contributed by atoms with Gasteiger partial charge in [-0.2, -0.15) is 0 Å². The fourth-order valence-electron chi connectivity index (χ4n) is 2.60. The molecule has 1 aliphatic rings. The van der Waals surface area contributed by atoms with Crippen molar-refractivity contribution in [2.75, 3.05) is 20.2 Å². The number of nitrogens with zero attached hydrogens (tertiary/aromatic N) is 2. The lowest BCUT2D eigenvalue weighted by molar-refractivity contribution is 0.0708. The SMILES string of the molecule is COc1cc(C(=O)N2CCC(C(N)=NO)CC2)ccc1C. The topological polar surface area (TPSA) is 88.2 Å². The van der Waals surface area contributed by atoms with Crippen LogP contribution in [0.25, 0.3) is 0 Å². The van der Waals surface area contributed by atoms with Gasteiger partial charge < -0.3 is 20.6 Å². The van der Waals surface area contributed by atoms with Crippen LogP contribution >= 0.6 is 0 Å². The molecule has 0 aromatic heterocycles. The number of ether oxygens (including phenoxy) is 1. The van der Waals surface area contributed by atoms with Crippen molar-refractivity contribution in [3.8, 4) is 5.75 Å². The van der Waals surface area contributed by atoms with Gasteiger partial charge in [-0.3, -0.25) is 4.79 Å². The highest BCUT2D eigenvalue weighted by atomic mass is 16.5. The number of hydrogen-bond donors (Lipinski definition) is 2. The van der Waals surface area contributed by atoms with Gasteiger partial charge in [-0.25, -0.2) is 0 Å². The van der Waals surface area contributed by atoms with E-state index in [9.17, 15) is 4.79 Å². The minimum Gasteiger partial charge on any atom is -0.496 e. The average molecular weight is 291 g/mol. The maximum atomic E-state index is 12.5. The highest BCUT2D eigenvalue weighted by Gasteiger charge is 2.26. The van der Waals surface area contributed by atoms with Gasteiger partial charge in [0, 0.05) is 24.6 Å². The normalized spacial score (nSPS) is 16.9. The Morgan fingerprint density at radius 3 is 2.67 bits per heavy atom. The van der Waals surface area contributed by atoms with Crippen molar-refractivity contribution in [1.29, 1.82) is 0 Å². The number of rotatable bonds is 3. The molecule has 0 unspecified atom stereocenters. The molecular formula is C15H21N3O3. The van der Waals surface area contributed by atoms with Gasteiger partial charge in [0.2, 0.25) is 0 Å². The number of benzene rings is 1. The highest BCUT2D eigenvalue weighted by molar-refractivity contribution is 5.95. The first-order valence-electron chi connectivity index (χ1n) is 6.98. The maximum absolute atomic E-state index is 12.5. The average Bonchev–Trinajstić information content (AvgIpc) is 2.54. The lowest BCUT2D eigenvalue weighted by Crippen LogP contribution is -2.41. The van der Waals surface area contributed by atoms with Gasteiger partial charge in [0.25, 0.3) is 5.91 Å². The van der Waals surface area contributed by atoms with E-state index < -0.39 is 0 Å². The zero-order chi connectivity index (χ0) is 15.4. The molecule has 1 aliphatic heterocycles. The van der Waals surface area contributed by atoms with Crippen molar-refractivity contribution in [3.05, 3.63) is 29.3 Å². The second-order valence-electron chi connectivity index (χ2n) is 5.28. The number of oxime groups is 1. The van der Waals surface area contributed by atoms with Crippen LogP contribution < -0.4 is 10.5 Å². The van der Waals surface area contributed by atoms with E-state index in [2.05, 4.69) is 5.16 Å². The fraction of sp³-hybridized carbons (Fsp3) is 0.467. The Morgan fingerprint density at radius 1 is 1.43 bits per heavy atom. The van der Waals surface area contributed by atoms with Crippen LogP contribution in [0.2, 0.25) is 0 Å². The number of methoxy groups -OCH3 is 1. The van der Waals surface area contributed by atoms with Crippen LogP contribution in [0.3, 0.4) is 0 Å². The minimum absolute atomic E-state index is 0.00809. The number of likely N-dealkylation sites (tertiary alicyclic amines) is 1. The molecule has 1 aromatic carbocycles. The van der Waals surface area contributed by atoms with Crippen LogP contribution in [-0.4, -0.2) is 42.0 Å². The Hall–Kier alpha value is -2.24. The molecule has 0 bridgehead atoms. The highest BCUT2D eigenvalue weighted by Crippen LogP contribution is 2.23. The molecule has 1 heterocycles. The summed E-state index contributed by atoms with van der Waals surface area (Å²) < 4.78 is 5.26. The number of aryl methyl sites for hydroxylation is 1. The quantitative estimate of drug-likeness (QED) is 0.383. The van der Waals surface area contributed by atoms with Crippen LogP contribution in [0, 0.1) is 12.8 Å². The third-order valence-electron chi connectivity index (χ3n) is 3.97. The number of carbonyl (C=O) groups excluding carboxylic acids is 1. The zero-order valence-electron chi connectivity index (χ0n) is 12.4. The monoisotopic (exact) mass is 291 g/mol. The van der Waals surface area contributed by atoms with E-state index in [4.69, 9.17) is 15.7 Å². The Labute approximate surface area is 124 Å². The second kappa shape index (κ2) is 6.47. The summed E-state index contributed by atoms with van der Waals surface area (Å²) in [4.78, 5) is 14.3. The molecule has 1 aromatic rings. The molecule has 0 saturated carbocycles. The first-order chi connectivity index (χ1) is 10.1. The molecule has 1 amide bonds. The van der Waals surface area contributed by atoms with Crippen molar-refractivity contribution in [3.63, 3.8) is 0 Å². The van der Waals surface area contributed by atoms with Gasteiger partial charge >= 0.3 is 0 Å². The molecule has 0 aliphatic carbocycles. The van der Waals surface area contributed by atoms with Crippen LogP contribution in [0.1, 0.15) is 28.8 Å². The molecule has 0 atom stereocenters. The van der Waals surface area contributed by atoms with E-state index in [1.54, 1.807) is 18.1 Å². The van der Waals surface area contributed by atoms with Gasteiger partial charge in [0.15, 0.2) is 0 Å². The third-order valence-corrected chi connectivity index (χ3v) is 3.97. The second-order valence-corrected chi connectivity index (χ2v) is 5.28. The number of hydrogen-bond acceptors (Lipinski definition) is 4. The molecule has 21 heavy (non-hydrogen) atoms. The van der Waals surface area contributed by atoms with E-state index in [1.807, 2.05) is 19.1 Å². The summed E-state index contributed by atoms with van der Waals surface area (Å²) >= 11 is 0. The van der Waals surface area contributed by atoms with Crippen molar-refractivity contribution >= 4 is 11.7 Å². The van der Waals surface area contributed by atoms with Crippen molar-refractivity contribution in [2.24, 2.45) is 16.8 Å². The molecule has 3 N–H and O–H groups in total. The number of nitrogens with two attached hydrogens (primary N) is 1. The molecule has 1 saturated heterocycles. The number of carbonyl (C=O) groups is 1. The summed E-state index contributed by atoms with van der Waals surface area (Å²) in [6.45, 7) is 3.15. The molecule has 0 radical (unpaired) electrons. The van der Waals surface area contributed by atoms with E-state index in [0.717, 1.165) is 5.56 Å². The van der Waals surface area contributed by atoms with E-state index in [1.165, 1.54) is 0 Å². The molecule has 6 heteroatoms. The Kier molecular flexibility index (Phi) is 4.67. The van der Waals surface area contributed by atoms with Crippen molar-refractivity contribution in [2.45, 2.75) is 19.8 Å². The maximum Gasteiger partial charge on any atom is 0.253 e. The Morgan fingerprint density at radius 2 is 2.10 bits per heavy atom. The van der Waals surface area contributed by atoms with Crippen LogP contribution in [-0.2, 0) is 0 Å². The molecule has 0 spiro atoms. The van der Waals surface area contributed by atoms with E-state index in [0.29, 0.717) is 37.2 Å². The fourth-order valence-corrected chi connectivity index (χ4v) is 2.60. The third kappa shape index (κ3) is 3.26. The molecule has 114 valence electrons. The molecular weight excluding hydrogens is 270 g/mol. The lowest BCUT2D eigenvalue weighted by atomic mass is 9.95. The molecule has 1 fully saturated rings. The van der Waals surface area contributed by atoms with Crippen molar-refractivity contribution in [1.82, 2.24) is 4.90 Å². The van der Waals surface area contributed by atoms with E-state index >= 15 is 0 Å². The zero-order valence-corrected chi connectivity index (χ0v) is 12.4. The largest absolute Gasteiger partial charge is 0.496 e. The predicted molar refractivity (Wildman–Crippen MR) is 79.8 cm³/mol. The summed E-state index contributed by atoms with van der Waals surface area (Å²) in [5, 5.41) is 11.7. The molecule has 6 nitrogen and oxygen atoms in total.